The van der Waals surface area contributed by atoms with E-state index in [0.29, 0.717) is 13.1 Å². The van der Waals surface area contributed by atoms with E-state index in [4.69, 9.17) is 5.73 Å². The first-order chi connectivity index (χ1) is 8.59. The summed E-state index contributed by atoms with van der Waals surface area (Å²) in [5, 5.41) is 2.85. The Hall–Kier alpha value is -1.39. The van der Waals surface area contributed by atoms with Gasteiger partial charge in [-0.1, -0.05) is 24.3 Å². The van der Waals surface area contributed by atoms with Crippen molar-refractivity contribution in [1.29, 1.82) is 0 Å². The lowest BCUT2D eigenvalue weighted by Crippen LogP contribution is -2.52. The third-order valence-electron chi connectivity index (χ3n) is 3.47. The minimum atomic E-state index is -0.00278. The van der Waals surface area contributed by atoms with Gasteiger partial charge in [-0.05, 0) is 25.0 Å². The molecule has 0 spiro atoms. The van der Waals surface area contributed by atoms with Crippen LogP contribution in [0.4, 0.5) is 0 Å². The van der Waals surface area contributed by atoms with Crippen LogP contribution in [0.2, 0.25) is 0 Å². The molecule has 0 bridgehead atoms. The van der Waals surface area contributed by atoms with E-state index in [1.807, 2.05) is 19.1 Å². The second kappa shape index (κ2) is 5.50. The molecule has 18 heavy (non-hydrogen) atoms. The fourth-order valence-electron chi connectivity index (χ4n) is 2.63. The highest BCUT2D eigenvalue weighted by molar-refractivity contribution is 5.78. The predicted octanol–water partition coefficient (Wildman–Crippen LogP) is 0.815. The molecule has 0 aliphatic carbocycles. The van der Waals surface area contributed by atoms with E-state index < -0.39 is 0 Å². The van der Waals surface area contributed by atoms with Crippen LogP contribution in [0.1, 0.15) is 24.1 Å². The van der Waals surface area contributed by atoms with E-state index in [1.54, 1.807) is 0 Å². The van der Waals surface area contributed by atoms with Crippen molar-refractivity contribution in [1.82, 2.24) is 10.2 Å². The molecule has 0 radical (unpaired) electrons. The van der Waals surface area contributed by atoms with Gasteiger partial charge in [-0.3, -0.25) is 9.69 Å². The lowest BCUT2D eigenvalue weighted by molar-refractivity contribution is -0.125. The van der Waals surface area contributed by atoms with Crippen molar-refractivity contribution in [3.63, 3.8) is 0 Å². The maximum atomic E-state index is 11.5. The molecule has 1 saturated heterocycles. The van der Waals surface area contributed by atoms with Crippen LogP contribution < -0.4 is 11.1 Å². The van der Waals surface area contributed by atoms with Gasteiger partial charge in [0, 0.05) is 19.1 Å². The van der Waals surface area contributed by atoms with Crippen LogP contribution in [-0.2, 0) is 4.79 Å². The number of amides is 1. The molecule has 98 valence electrons. The van der Waals surface area contributed by atoms with Gasteiger partial charge in [0.25, 0.3) is 0 Å². The molecule has 3 N–H and O–H groups in total. The Morgan fingerprint density at radius 2 is 2.11 bits per heavy atom. The third-order valence-corrected chi connectivity index (χ3v) is 3.47. The van der Waals surface area contributed by atoms with E-state index in [1.165, 1.54) is 11.1 Å². The number of nitrogens with one attached hydrogen (secondary N) is 1. The lowest BCUT2D eigenvalue weighted by Gasteiger charge is -2.37. The fourth-order valence-corrected chi connectivity index (χ4v) is 2.63. The fraction of sp³-hybridized carbons (Fsp3) is 0.500. The third kappa shape index (κ3) is 2.71. The summed E-state index contributed by atoms with van der Waals surface area (Å²) in [4.78, 5) is 13.7. The van der Waals surface area contributed by atoms with E-state index in [2.05, 4.69) is 29.3 Å². The Labute approximate surface area is 108 Å². The van der Waals surface area contributed by atoms with Gasteiger partial charge in [-0.25, -0.2) is 0 Å². The Morgan fingerprint density at radius 3 is 2.72 bits per heavy atom. The van der Waals surface area contributed by atoms with Crippen molar-refractivity contribution in [3.8, 4) is 0 Å². The molecule has 0 saturated carbocycles. The molecule has 2 unspecified atom stereocenters. The number of nitrogens with zero attached hydrogens (tertiary/aromatic N) is 1. The summed E-state index contributed by atoms with van der Waals surface area (Å²) in [6, 6.07) is 8.36. The summed E-state index contributed by atoms with van der Waals surface area (Å²) in [6.45, 7) is 6.08. The smallest absolute Gasteiger partial charge is 0.234 e. The van der Waals surface area contributed by atoms with E-state index in [9.17, 15) is 4.79 Å². The van der Waals surface area contributed by atoms with Crippen molar-refractivity contribution >= 4 is 5.91 Å². The van der Waals surface area contributed by atoms with Gasteiger partial charge in [0.1, 0.15) is 0 Å². The van der Waals surface area contributed by atoms with Crippen molar-refractivity contribution in [2.24, 2.45) is 5.73 Å². The van der Waals surface area contributed by atoms with Crippen molar-refractivity contribution in [3.05, 3.63) is 35.4 Å². The molecule has 2 atom stereocenters. The highest BCUT2D eigenvalue weighted by atomic mass is 16.2. The zero-order valence-electron chi connectivity index (χ0n) is 11.0. The SMILES string of the molecule is Cc1ccccc1C(C(C)N)N1CCNC(=O)C1. The number of hydrogen-bond acceptors (Lipinski definition) is 3. The lowest BCUT2D eigenvalue weighted by atomic mass is 9.94. The Balaban J connectivity index is 2.28. The molecule has 1 aliphatic rings. The standard InChI is InChI=1S/C14H21N3O/c1-10-5-3-4-6-12(10)14(11(2)15)17-8-7-16-13(18)9-17/h3-6,11,14H,7-9,15H2,1-2H3,(H,16,18). The molecule has 2 rings (SSSR count). The predicted molar refractivity (Wildman–Crippen MR) is 72.2 cm³/mol. The topological polar surface area (TPSA) is 58.4 Å². The van der Waals surface area contributed by atoms with Crippen LogP contribution in [0, 0.1) is 6.92 Å². The quantitative estimate of drug-likeness (QED) is 0.831. The van der Waals surface area contributed by atoms with E-state index in [-0.39, 0.29) is 18.0 Å². The van der Waals surface area contributed by atoms with Crippen LogP contribution in [0.3, 0.4) is 0 Å². The number of carbonyl (C=O) groups is 1. The molecule has 1 amide bonds. The number of aryl methyl sites for hydroxylation is 1. The average molecular weight is 247 g/mol. The number of carbonyl (C=O) groups excluding carboxylic acids is 1. The van der Waals surface area contributed by atoms with Crippen LogP contribution in [0.5, 0.6) is 0 Å². The summed E-state index contributed by atoms with van der Waals surface area (Å²) in [5.41, 5.74) is 8.59. The van der Waals surface area contributed by atoms with E-state index in [0.717, 1.165) is 6.54 Å². The molecule has 4 nitrogen and oxygen atoms in total. The zero-order valence-corrected chi connectivity index (χ0v) is 11.0. The monoisotopic (exact) mass is 247 g/mol. The minimum absolute atomic E-state index is 0.00278. The van der Waals surface area contributed by atoms with Crippen molar-refractivity contribution < 1.29 is 4.79 Å². The number of nitrogens with two attached hydrogens (primary N) is 1. The Kier molecular flexibility index (Phi) is 3.99. The Morgan fingerprint density at radius 1 is 1.39 bits per heavy atom. The van der Waals surface area contributed by atoms with Crippen LogP contribution in [-0.4, -0.2) is 36.5 Å². The van der Waals surface area contributed by atoms with Gasteiger partial charge in [-0.15, -0.1) is 0 Å². The largest absolute Gasteiger partial charge is 0.354 e. The molecular formula is C14H21N3O. The molecule has 1 aliphatic heterocycles. The maximum Gasteiger partial charge on any atom is 0.234 e. The number of benzene rings is 1. The molecule has 1 aromatic carbocycles. The zero-order chi connectivity index (χ0) is 13.1. The van der Waals surface area contributed by atoms with Crippen LogP contribution >= 0.6 is 0 Å². The number of hydrogen-bond donors (Lipinski definition) is 2. The first-order valence-electron chi connectivity index (χ1n) is 6.41. The second-order valence-electron chi connectivity index (χ2n) is 4.98. The molecule has 4 heteroatoms. The van der Waals surface area contributed by atoms with Gasteiger partial charge in [0.15, 0.2) is 0 Å². The summed E-state index contributed by atoms with van der Waals surface area (Å²) in [7, 11) is 0. The van der Waals surface area contributed by atoms with Crippen LogP contribution in [0.15, 0.2) is 24.3 Å². The van der Waals surface area contributed by atoms with E-state index >= 15 is 0 Å². The molecule has 1 aromatic rings. The van der Waals surface area contributed by atoms with Crippen molar-refractivity contribution in [2.45, 2.75) is 25.9 Å². The van der Waals surface area contributed by atoms with Crippen molar-refractivity contribution in [2.75, 3.05) is 19.6 Å². The van der Waals surface area contributed by atoms with Gasteiger partial charge in [0.2, 0.25) is 5.91 Å². The number of rotatable bonds is 3. The number of piperazine rings is 1. The highest BCUT2D eigenvalue weighted by Crippen LogP contribution is 2.26. The van der Waals surface area contributed by atoms with Gasteiger partial charge >= 0.3 is 0 Å². The second-order valence-corrected chi connectivity index (χ2v) is 4.98. The summed E-state index contributed by atoms with van der Waals surface area (Å²) < 4.78 is 0. The minimum Gasteiger partial charge on any atom is -0.354 e. The highest BCUT2D eigenvalue weighted by Gasteiger charge is 2.28. The first-order valence-corrected chi connectivity index (χ1v) is 6.41. The normalized spacial score (nSPS) is 20.3. The molecule has 0 aromatic heterocycles. The molecular weight excluding hydrogens is 226 g/mol. The van der Waals surface area contributed by atoms with Crippen LogP contribution in [0.25, 0.3) is 0 Å². The van der Waals surface area contributed by atoms with Gasteiger partial charge < -0.3 is 11.1 Å². The summed E-state index contributed by atoms with van der Waals surface area (Å²) in [6.07, 6.45) is 0. The first kappa shape index (κ1) is 13.1. The average Bonchev–Trinajstić information content (AvgIpc) is 2.32. The Bertz CT molecular complexity index is 431. The molecule has 1 fully saturated rings. The van der Waals surface area contributed by atoms with Gasteiger partial charge in [0.05, 0.1) is 12.6 Å². The summed E-state index contributed by atoms with van der Waals surface area (Å²) in [5.74, 6) is 0.0838. The molecule has 1 heterocycles. The summed E-state index contributed by atoms with van der Waals surface area (Å²) >= 11 is 0. The maximum absolute atomic E-state index is 11.5. The van der Waals surface area contributed by atoms with Gasteiger partial charge in [-0.2, -0.15) is 0 Å².